The summed E-state index contributed by atoms with van der Waals surface area (Å²) in [6, 6.07) is 108. The summed E-state index contributed by atoms with van der Waals surface area (Å²) < 4.78 is 2.38. The highest BCUT2D eigenvalue weighted by Crippen LogP contribution is 2.42. The van der Waals surface area contributed by atoms with Crippen LogP contribution in [-0.4, -0.2) is 4.57 Å². The zero-order valence-corrected chi connectivity index (χ0v) is 43.1. The van der Waals surface area contributed by atoms with Crippen molar-refractivity contribution in [1.82, 2.24) is 4.57 Å². The van der Waals surface area contributed by atoms with Crippen LogP contribution in [0.25, 0.3) is 83.1 Å². The molecule has 0 radical (unpaired) electrons. The highest BCUT2D eigenvalue weighted by atomic mass is 15.1. The van der Waals surface area contributed by atoms with Crippen LogP contribution in [0.1, 0.15) is 11.1 Å². The second-order valence-electron chi connectivity index (χ2n) is 20.0. The van der Waals surface area contributed by atoms with Gasteiger partial charge in [-0.05, 0) is 191 Å². The van der Waals surface area contributed by atoms with Gasteiger partial charge < -0.3 is 14.4 Å². The number of para-hydroxylation sites is 2. The summed E-state index contributed by atoms with van der Waals surface area (Å²) in [7, 11) is 0. The lowest BCUT2D eigenvalue weighted by Crippen LogP contribution is -2.09. The van der Waals surface area contributed by atoms with E-state index in [0.29, 0.717) is 0 Å². The van der Waals surface area contributed by atoms with E-state index in [4.69, 9.17) is 0 Å². The molecule has 0 aliphatic heterocycles. The van der Waals surface area contributed by atoms with Crippen molar-refractivity contribution in [2.75, 3.05) is 9.80 Å². The second-order valence-corrected chi connectivity index (χ2v) is 20.0. The predicted molar refractivity (Wildman–Crippen MR) is 327 cm³/mol. The fourth-order valence-corrected chi connectivity index (χ4v) is 10.9. The standard InChI is InChI=1S/C74H55N3/c1-52-22-35-65(36-23-52)75(67-39-26-56(27-40-67)54-14-6-3-7-15-54)69-43-30-58(31-44-69)61-48-62(50-63(49-61)60-34-47-74-72(51-60)71-20-12-13-21-73(71)77(74)64-18-10-5-11-19-64)59-32-45-70(46-33-59)76(66-37-24-53(2)25-38-66)68-41-28-57(29-42-68)55-16-8-4-9-17-55/h3-51H,1-2H3. The summed E-state index contributed by atoms with van der Waals surface area (Å²) in [4.78, 5) is 4.69. The van der Waals surface area contributed by atoms with E-state index in [-0.39, 0.29) is 0 Å². The molecule has 3 nitrogen and oxygen atoms in total. The average Bonchev–Trinajstić information content (AvgIpc) is 3.92. The summed E-state index contributed by atoms with van der Waals surface area (Å²) >= 11 is 0. The molecule has 77 heavy (non-hydrogen) atoms. The van der Waals surface area contributed by atoms with Crippen LogP contribution in [0.5, 0.6) is 0 Å². The third-order valence-electron chi connectivity index (χ3n) is 14.9. The van der Waals surface area contributed by atoms with Crippen molar-refractivity contribution in [3.05, 3.63) is 308 Å². The summed E-state index contributed by atoms with van der Waals surface area (Å²) in [5.74, 6) is 0. The lowest BCUT2D eigenvalue weighted by atomic mass is 9.92. The van der Waals surface area contributed by atoms with Crippen molar-refractivity contribution in [2.45, 2.75) is 13.8 Å². The number of hydrogen-bond acceptors (Lipinski definition) is 2. The summed E-state index contributed by atoms with van der Waals surface area (Å²) in [5, 5.41) is 2.46. The van der Waals surface area contributed by atoms with Crippen molar-refractivity contribution in [1.29, 1.82) is 0 Å². The predicted octanol–water partition coefficient (Wildman–Crippen LogP) is 20.7. The van der Waals surface area contributed by atoms with Crippen LogP contribution < -0.4 is 9.80 Å². The topological polar surface area (TPSA) is 11.4 Å². The molecule has 366 valence electrons. The van der Waals surface area contributed by atoms with Gasteiger partial charge in [0, 0.05) is 50.6 Å². The van der Waals surface area contributed by atoms with E-state index in [1.807, 2.05) is 0 Å². The van der Waals surface area contributed by atoms with Crippen LogP contribution in [-0.2, 0) is 0 Å². The van der Waals surface area contributed by atoms with Gasteiger partial charge in [-0.15, -0.1) is 0 Å². The third kappa shape index (κ3) is 9.37. The molecule has 0 aliphatic rings. The minimum atomic E-state index is 1.09. The van der Waals surface area contributed by atoms with Gasteiger partial charge in [-0.3, -0.25) is 0 Å². The van der Waals surface area contributed by atoms with Gasteiger partial charge >= 0.3 is 0 Å². The fraction of sp³-hybridized carbons (Fsp3) is 0.0270. The smallest absolute Gasteiger partial charge is 0.0541 e. The minimum absolute atomic E-state index is 1.09. The van der Waals surface area contributed by atoms with Crippen LogP contribution >= 0.6 is 0 Å². The molecule has 1 heterocycles. The number of aromatic nitrogens is 1. The molecule has 0 atom stereocenters. The monoisotopic (exact) mass is 985 g/mol. The van der Waals surface area contributed by atoms with Crippen molar-refractivity contribution in [3.63, 3.8) is 0 Å². The molecule has 0 unspecified atom stereocenters. The summed E-state index contributed by atoms with van der Waals surface area (Å²) in [6.45, 7) is 4.28. The fourth-order valence-electron chi connectivity index (χ4n) is 10.9. The molecule has 0 saturated carbocycles. The van der Waals surface area contributed by atoms with E-state index in [2.05, 4.69) is 325 Å². The first-order valence-corrected chi connectivity index (χ1v) is 26.5. The first-order valence-electron chi connectivity index (χ1n) is 26.5. The van der Waals surface area contributed by atoms with Crippen LogP contribution in [0.3, 0.4) is 0 Å². The van der Waals surface area contributed by atoms with E-state index in [1.165, 1.54) is 60.8 Å². The lowest BCUT2D eigenvalue weighted by molar-refractivity contribution is 1.18. The van der Waals surface area contributed by atoms with Gasteiger partial charge in [0.25, 0.3) is 0 Å². The Bertz CT molecular complexity index is 3950. The molecule has 13 aromatic rings. The summed E-state index contributed by atoms with van der Waals surface area (Å²) in [5.41, 5.74) is 24.3. The molecule has 0 aliphatic carbocycles. The third-order valence-corrected chi connectivity index (χ3v) is 14.9. The molecule has 0 saturated heterocycles. The van der Waals surface area contributed by atoms with Crippen LogP contribution in [0.2, 0.25) is 0 Å². The molecular weight excluding hydrogens is 931 g/mol. The SMILES string of the molecule is Cc1ccc(N(c2ccc(-c3ccccc3)cc2)c2ccc(-c3cc(-c4ccc(N(c5ccc(C)cc5)c5ccc(-c6ccccc6)cc5)cc4)cc(-c4ccc5c(c4)c4ccccc4n5-c4ccccc4)c3)cc2)cc1. The molecule has 0 N–H and O–H groups in total. The first kappa shape index (κ1) is 46.8. The number of benzene rings is 12. The highest BCUT2D eigenvalue weighted by Gasteiger charge is 2.18. The quantitative estimate of drug-likeness (QED) is 0.121. The number of hydrogen-bond donors (Lipinski definition) is 0. The van der Waals surface area contributed by atoms with Gasteiger partial charge in [-0.2, -0.15) is 0 Å². The average molecular weight is 986 g/mol. The number of rotatable bonds is 12. The molecule has 0 bridgehead atoms. The van der Waals surface area contributed by atoms with Gasteiger partial charge in [0.15, 0.2) is 0 Å². The Kier molecular flexibility index (Phi) is 12.4. The Hall–Kier alpha value is -9.96. The van der Waals surface area contributed by atoms with Crippen LogP contribution in [0.15, 0.2) is 297 Å². The maximum Gasteiger partial charge on any atom is 0.0541 e. The molecule has 0 fully saturated rings. The zero-order chi connectivity index (χ0) is 51.7. The van der Waals surface area contributed by atoms with Gasteiger partial charge in [0.2, 0.25) is 0 Å². The van der Waals surface area contributed by atoms with Gasteiger partial charge in [-0.1, -0.05) is 187 Å². The van der Waals surface area contributed by atoms with E-state index in [0.717, 1.165) is 67.6 Å². The van der Waals surface area contributed by atoms with Crippen LogP contribution in [0.4, 0.5) is 34.1 Å². The van der Waals surface area contributed by atoms with Crippen molar-refractivity contribution < 1.29 is 0 Å². The molecular formula is C74H55N3. The lowest BCUT2D eigenvalue weighted by Gasteiger charge is -2.26. The summed E-state index contributed by atoms with van der Waals surface area (Å²) in [6.07, 6.45) is 0. The van der Waals surface area contributed by atoms with E-state index in [9.17, 15) is 0 Å². The minimum Gasteiger partial charge on any atom is -0.311 e. The van der Waals surface area contributed by atoms with Gasteiger partial charge in [0.05, 0.1) is 11.0 Å². The number of nitrogens with zero attached hydrogens (tertiary/aromatic N) is 3. The molecule has 13 rings (SSSR count). The molecule has 12 aromatic carbocycles. The molecule has 3 heteroatoms. The van der Waals surface area contributed by atoms with Crippen molar-refractivity contribution >= 4 is 55.9 Å². The maximum atomic E-state index is 2.39. The molecule has 1 aromatic heterocycles. The number of aryl methyl sites for hydroxylation is 2. The van der Waals surface area contributed by atoms with Gasteiger partial charge in [0.1, 0.15) is 0 Å². The van der Waals surface area contributed by atoms with Crippen LogP contribution in [0, 0.1) is 13.8 Å². The first-order chi connectivity index (χ1) is 38.0. The Balaban J connectivity index is 0.913. The second kappa shape index (κ2) is 20.4. The normalized spacial score (nSPS) is 11.2. The van der Waals surface area contributed by atoms with Crippen molar-refractivity contribution in [2.24, 2.45) is 0 Å². The maximum absolute atomic E-state index is 2.39. The highest BCUT2D eigenvalue weighted by molar-refractivity contribution is 6.10. The van der Waals surface area contributed by atoms with Gasteiger partial charge in [-0.25, -0.2) is 0 Å². The molecule has 0 amide bonds. The number of anilines is 6. The molecule has 0 spiro atoms. The Labute approximate surface area is 451 Å². The van der Waals surface area contributed by atoms with Crippen molar-refractivity contribution in [3.8, 4) is 61.3 Å². The van der Waals surface area contributed by atoms with E-state index in [1.54, 1.807) is 0 Å². The Morgan fingerprint density at radius 2 is 0.519 bits per heavy atom. The largest absolute Gasteiger partial charge is 0.311 e. The zero-order valence-electron chi connectivity index (χ0n) is 43.1. The number of fused-ring (bicyclic) bond motifs is 3. The van der Waals surface area contributed by atoms with E-state index < -0.39 is 0 Å². The Morgan fingerprint density at radius 1 is 0.221 bits per heavy atom. The Morgan fingerprint density at radius 3 is 0.935 bits per heavy atom. The van der Waals surface area contributed by atoms with E-state index >= 15 is 0 Å².